The van der Waals surface area contributed by atoms with Crippen LogP contribution in [0.5, 0.6) is 5.75 Å². The van der Waals surface area contributed by atoms with E-state index in [-0.39, 0.29) is 23.6 Å². The summed E-state index contributed by atoms with van der Waals surface area (Å²) < 4.78 is 24.9. The second-order valence-electron chi connectivity index (χ2n) is 8.31. The van der Waals surface area contributed by atoms with E-state index in [0.717, 1.165) is 23.8 Å². The Balaban J connectivity index is 1.40. The number of aromatic nitrogens is 2. The van der Waals surface area contributed by atoms with Crippen LogP contribution in [0.2, 0.25) is 0 Å². The molecule has 2 heterocycles. The molecule has 0 saturated heterocycles. The van der Waals surface area contributed by atoms with Gasteiger partial charge in [0, 0.05) is 11.6 Å². The lowest BCUT2D eigenvalue weighted by molar-refractivity contribution is -0.120. The number of hydrogen-bond donors (Lipinski definition) is 4. The Morgan fingerprint density at radius 2 is 2.00 bits per heavy atom. The second kappa shape index (κ2) is 10.8. The molecule has 0 bridgehead atoms. The molecule has 3 amide bonds. The quantitative estimate of drug-likeness (QED) is 0.323. The van der Waals surface area contributed by atoms with Gasteiger partial charge in [0.2, 0.25) is 5.91 Å². The van der Waals surface area contributed by atoms with Crippen LogP contribution in [-0.2, 0) is 4.79 Å². The van der Waals surface area contributed by atoms with Crippen molar-refractivity contribution in [2.75, 3.05) is 6.61 Å². The monoisotopic (exact) mass is 513 g/mol. The lowest BCUT2D eigenvalue weighted by atomic mass is 10.1. The molecule has 12 heteroatoms. The van der Waals surface area contributed by atoms with Crippen molar-refractivity contribution in [2.24, 2.45) is 5.73 Å². The first-order valence-electron chi connectivity index (χ1n) is 11.2. The van der Waals surface area contributed by atoms with Crippen LogP contribution >= 0.6 is 11.5 Å². The predicted molar refractivity (Wildman–Crippen MR) is 129 cm³/mol. The molecule has 0 spiro atoms. The van der Waals surface area contributed by atoms with Gasteiger partial charge < -0.3 is 26.2 Å². The van der Waals surface area contributed by atoms with Crippen molar-refractivity contribution in [1.29, 1.82) is 0 Å². The van der Waals surface area contributed by atoms with Crippen LogP contribution in [0, 0.1) is 5.82 Å². The van der Waals surface area contributed by atoms with E-state index in [0.29, 0.717) is 22.7 Å². The van der Waals surface area contributed by atoms with Gasteiger partial charge in [-0.2, -0.15) is 4.37 Å². The summed E-state index contributed by atoms with van der Waals surface area (Å²) in [5.74, 6) is -2.34. The summed E-state index contributed by atoms with van der Waals surface area (Å²) in [4.78, 5) is 40.4. The van der Waals surface area contributed by atoms with E-state index < -0.39 is 30.3 Å². The molecule has 2 atom stereocenters. The molecule has 4 rings (SSSR count). The first kappa shape index (κ1) is 25.2. The molecule has 0 aliphatic heterocycles. The number of rotatable bonds is 10. The van der Waals surface area contributed by atoms with Crippen molar-refractivity contribution in [2.45, 2.75) is 38.0 Å². The van der Waals surface area contributed by atoms with Gasteiger partial charge in [-0.05, 0) is 61.6 Å². The molecule has 1 aliphatic carbocycles. The highest BCUT2D eigenvalue weighted by Crippen LogP contribution is 2.30. The SMILES string of the molecule is CC(Oc1ccc(C(=O)NC2CC2)nc1)c1cc(-c2ccc(C(=O)N[C@@H](CO)C(N)=O)c(F)c2)ns1. The summed E-state index contributed by atoms with van der Waals surface area (Å²) in [5.41, 5.74) is 6.04. The largest absolute Gasteiger partial charge is 0.484 e. The van der Waals surface area contributed by atoms with Gasteiger partial charge in [-0.1, -0.05) is 6.07 Å². The number of nitrogens with one attached hydrogen (secondary N) is 2. The van der Waals surface area contributed by atoms with Crippen LogP contribution < -0.4 is 21.1 Å². The fourth-order valence-electron chi connectivity index (χ4n) is 3.25. The average molecular weight is 514 g/mol. The van der Waals surface area contributed by atoms with E-state index in [1.54, 1.807) is 18.2 Å². The Morgan fingerprint density at radius 1 is 1.22 bits per heavy atom. The van der Waals surface area contributed by atoms with Crippen molar-refractivity contribution in [3.05, 3.63) is 64.5 Å². The topological polar surface area (TPSA) is 157 Å². The number of nitrogens with zero attached hydrogens (tertiary/aromatic N) is 2. The Labute approximate surface area is 209 Å². The lowest BCUT2D eigenvalue weighted by Gasteiger charge is -2.13. The number of nitrogens with two attached hydrogens (primary N) is 1. The maximum atomic E-state index is 14.6. The number of carbonyl (C=O) groups is 3. The molecule has 188 valence electrons. The predicted octanol–water partition coefficient (Wildman–Crippen LogP) is 1.95. The molecule has 3 aromatic rings. The molecule has 1 saturated carbocycles. The van der Waals surface area contributed by atoms with Crippen LogP contribution in [0.3, 0.4) is 0 Å². The summed E-state index contributed by atoms with van der Waals surface area (Å²) in [5, 5.41) is 14.2. The molecule has 0 radical (unpaired) electrons. The molecule has 1 aromatic carbocycles. The third-order valence-corrected chi connectivity index (χ3v) is 6.41. The van der Waals surface area contributed by atoms with E-state index >= 15 is 0 Å². The summed E-state index contributed by atoms with van der Waals surface area (Å²) in [7, 11) is 0. The van der Waals surface area contributed by atoms with Crippen LogP contribution in [0.15, 0.2) is 42.6 Å². The molecule has 1 unspecified atom stereocenters. The average Bonchev–Trinajstić information content (AvgIpc) is 3.53. The third-order valence-electron chi connectivity index (χ3n) is 5.46. The van der Waals surface area contributed by atoms with Crippen LogP contribution in [0.4, 0.5) is 4.39 Å². The fraction of sp³-hybridized carbons (Fsp3) is 0.292. The van der Waals surface area contributed by atoms with Gasteiger partial charge in [0.15, 0.2) is 0 Å². The number of carbonyl (C=O) groups excluding carboxylic acids is 3. The lowest BCUT2D eigenvalue weighted by Crippen LogP contribution is -2.47. The zero-order valence-electron chi connectivity index (χ0n) is 19.2. The maximum absolute atomic E-state index is 14.6. The maximum Gasteiger partial charge on any atom is 0.270 e. The van der Waals surface area contributed by atoms with Crippen molar-refractivity contribution in [3.8, 4) is 17.0 Å². The van der Waals surface area contributed by atoms with Crippen LogP contribution in [-0.4, -0.2) is 50.9 Å². The normalized spacial score (nSPS) is 14.5. The highest BCUT2D eigenvalue weighted by Gasteiger charge is 2.24. The second-order valence-corrected chi connectivity index (χ2v) is 9.14. The first-order chi connectivity index (χ1) is 17.2. The Kier molecular flexibility index (Phi) is 7.55. The highest BCUT2D eigenvalue weighted by molar-refractivity contribution is 7.06. The number of aliphatic hydroxyl groups is 1. The Bertz CT molecular complexity index is 1280. The zero-order valence-corrected chi connectivity index (χ0v) is 20.0. The van der Waals surface area contributed by atoms with Crippen LogP contribution in [0.25, 0.3) is 11.3 Å². The van der Waals surface area contributed by atoms with Crippen molar-refractivity contribution in [3.63, 3.8) is 0 Å². The number of aliphatic hydroxyl groups excluding tert-OH is 1. The first-order valence-corrected chi connectivity index (χ1v) is 11.9. The van der Waals surface area contributed by atoms with E-state index in [9.17, 15) is 18.8 Å². The molecule has 5 N–H and O–H groups in total. The standard InChI is InChI=1S/C24H24FN5O5S/c1-12(35-15-5-7-18(27-10-15)24(34)28-14-3-4-14)21-9-19(30-36-21)13-2-6-16(17(25)8-13)23(33)29-20(11-31)22(26)32/h2,5-10,12,14,20,31H,3-4,11H2,1H3,(H2,26,32)(H,28,34)(H,29,33)/t12?,20-/m0/s1. The van der Waals surface area contributed by atoms with Crippen LogP contribution in [0.1, 0.15) is 51.6 Å². The van der Waals surface area contributed by atoms with Crippen molar-refractivity contribution >= 4 is 29.3 Å². The molecule has 2 aromatic heterocycles. The number of hydrogen-bond acceptors (Lipinski definition) is 8. The van der Waals surface area contributed by atoms with E-state index in [1.165, 1.54) is 29.9 Å². The number of pyridine rings is 1. The molecule has 1 fully saturated rings. The van der Waals surface area contributed by atoms with Gasteiger partial charge in [-0.25, -0.2) is 9.37 Å². The number of benzene rings is 1. The molecule has 36 heavy (non-hydrogen) atoms. The van der Waals surface area contributed by atoms with Crippen molar-refractivity contribution < 1.29 is 28.6 Å². The number of ether oxygens (including phenoxy) is 1. The summed E-state index contributed by atoms with van der Waals surface area (Å²) >= 11 is 1.18. The summed E-state index contributed by atoms with van der Waals surface area (Å²) in [6.07, 6.45) is 3.09. The number of halogens is 1. The molecular formula is C24H24FN5O5S. The Morgan fingerprint density at radius 3 is 2.61 bits per heavy atom. The minimum atomic E-state index is -1.31. The number of primary amides is 1. The van der Waals surface area contributed by atoms with Crippen molar-refractivity contribution in [1.82, 2.24) is 20.0 Å². The highest BCUT2D eigenvalue weighted by atomic mass is 32.1. The summed E-state index contributed by atoms with van der Waals surface area (Å²) in [6, 6.07) is 7.91. The van der Waals surface area contributed by atoms with Gasteiger partial charge in [0.25, 0.3) is 11.8 Å². The van der Waals surface area contributed by atoms with Gasteiger partial charge in [-0.15, -0.1) is 0 Å². The smallest absolute Gasteiger partial charge is 0.270 e. The summed E-state index contributed by atoms with van der Waals surface area (Å²) in [6.45, 7) is 1.13. The fourth-order valence-corrected chi connectivity index (χ4v) is 3.97. The van der Waals surface area contributed by atoms with E-state index in [1.807, 2.05) is 6.92 Å². The number of amides is 3. The molecular weight excluding hydrogens is 489 g/mol. The van der Waals surface area contributed by atoms with Gasteiger partial charge >= 0.3 is 0 Å². The minimum Gasteiger partial charge on any atom is -0.484 e. The minimum absolute atomic E-state index is 0.207. The third kappa shape index (κ3) is 6.01. The van der Waals surface area contributed by atoms with Gasteiger partial charge in [0.1, 0.15) is 29.4 Å². The van der Waals surface area contributed by atoms with E-state index in [2.05, 4.69) is 20.0 Å². The van der Waals surface area contributed by atoms with Gasteiger partial charge in [0.05, 0.1) is 28.9 Å². The Hall–Kier alpha value is -3.90. The molecule has 10 nitrogen and oxygen atoms in total. The molecule has 1 aliphatic rings. The van der Waals surface area contributed by atoms with E-state index in [4.69, 9.17) is 15.6 Å². The zero-order chi connectivity index (χ0) is 25.8. The van der Waals surface area contributed by atoms with Gasteiger partial charge in [-0.3, -0.25) is 14.4 Å².